The van der Waals surface area contributed by atoms with E-state index in [1.807, 2.05) is 39.0 Å². The van der Waals surface area contributed by atoms with Crippen molar-refractivity contribution >= 4 is 28.0 Å². The monoisotopic (exact) mass is 429 g/mol. The van der Waals surface area contributed by atoms with Crippen LogP contribution >= 0.6 is 15.9 Å². The fraction of sp³-hybridized carbons (Fsp3) is 0.579. The molecule has 0 aliphatic heterocycles. The summed E-state index contributed by atoms with van der Waals surface area (Å²) in [7, 11) is 2.97. The second-order valence-electron chi connectivity index (χ2n) is 7.00. The molecule has 1 aromatic carbocycles. The predicted octanol–water partition coefficient (Wildman–Crippen LogP) is 4.24. The van der Waals surface area contributed by atoms with Crippen LogP contribution in [0.5, 0.6) is 5.75 Å². The van der Waals surface area contributed by atoms with Crippen LogP contribution < -0.4 is 10.1 Å². The number of halogens is 1. The molecule has 1 aromatic rings. The first-order valence-electron chi connectivity index (χ1n) is 8.53. The van der Waals surface area contributed by atoms with E-state index in [1.165, 1.54) is 13.5 Å². The van der Waals surface area contributed by atoms with Gasteiger partial charge in [0.2, 0.25) is 0 Å². The first kappa shape index (κ1) is 22.3. The Hall–Kier alpha value is -1.76. The molecule has 7 heteroatoms. The first-order chi connectivity index (χ1) is 12.1. The molecule has 0 aromatic heterocycles. The van der Waals surface area contributed by atoms with E-state index in [0.29, 0.717) is 6.04 Å². The van der Waals surface area contributed by atoms with Crippen molar-refractivity contribution in [1.82, 2.24) is 5.32 Å². The summed E-state index contributed by atoms with van der Waals surface area (Å²) in [6.07, 6.45) is 3.41. The number of alkyl carbamates (subject to hydrolysis) is 1. The predicted molar refractivity (Wildman–Crippen MR) is 103 cm³/mol. The quantitative estimate of drug-likeness (QED) is 0.724. The molecule has 1 aliphatic rings. The minimum atomic E-state index is -0.381. The highest BCUT2D eigenvalue weighted by molar-refractivity contribution is 9.10. The van der Waals surface area contributed by atoms with E-state index in [4.69, 9.17) is 9.47 Å². The van der Waals surface area contributed by atoms with Gasteiger partial charge < -0.3 is 19.5 Å². The van der Waals surface area contributed by atoms with Gasteiger partial charge >= 0.3 is 12.1 Å². The maximum atomic E-state index is 11.1. The van der Waals surface area contributed by atoms with E-state index in [0.717, 1.165) is 28.6 Å². The molecular weight excluding hydrogens is 402 g/mol. The molecule has 1 N–H and O–H groups in total. The van der Waals surface area contributed by atoms with Gasteiger partial charge in [-0.3, -0.25) is 4.79 Å². The van der Waals surface area contributed by atoms with Gasteiger partial charge in [-0.25, -0.2) is 4.79 Å². The highest BCUT2D eigenvalue weighted by Crippen LogP contribution is 2.25. The number of ether oxygens (including phenoxy) is 3. The number of carbonyl (C=O) groups excluding carboxylic acids is 2. The normalized spacial score (nSPS) is 13.6. The highest BCUT2D eigenvalue weighted by Gasteiger charge is 2.22. The number of esters is 1. The van der Waals surface area contributed by atoms with Crippen LogP contribution in [0, 0.1) is 0 Å². The van der Waals surface area contributed by atoms with Crippen molar-refractivity contribution in [3.8, 4) is 5.75 Å². The van der Waals surface area contributed by atoms with Crippen molar-refractivity contribution in [2.45, 2.75) is 58.1 Å². The number of hydrogen-bond donors (Lipinski definition) is 1. The number of carbonyl (C=O) groups is 2. The average Bonchev–Trinajstić information content (AvgIpc) is 2.50. The van der Waals surface area contributed by atoms with Gasteiger partial charge in [-0.05, 0) is 73.7 Å². The summed E-state index contributed by atoms with van der Waals surface area (Å²) >= 11 is 3.34. The lowest BCUT2D eigenvalue weighted by molar-refractivity contribution is -0.139. The van der Waals surface area contributed by atoms with Gasteiger partial charge in [-0.15, -0.1) is 0 Å². The SMILES string of the molecule is CC(C)(C)OC(=O)NC1CCC1.COC(=O)Cc1ccc(OC)c(Br)c1. The highest BCUT2D eigenvalue weighted by atomic mass is 79.9. The molecule has 1 fully saturated rings. The van der Waals surface area contributed by atoms with Crippen LogP contribution in [0.3, 0.4) is 0 Å². The molecule has 0 radical (unpaired) electrons. The maximum absolute atomic E-state index is 11.1. The van der Waals surface area contributed by atoms with Gasteiger partial charge in [-0.2, -0.15) is 0 Å². The van der Waals surface area contributed by atoms with Gasteiger partial charge in [0.15, 0.2) is 0 Å². The first-order valence-corrected chi connectivity index (χ1v) is 9.32. The van der Waals surface area contributed by atoms with Crippen LogP contribution in [0.4, 0.5) is 4.79 Å². The van der Waals surface area contributed by atoms with Crippen molar-refractivity contribution in [3.05, 3.63) is 28.2 Å². The number of amides is 1. The zero-order chi connectivity index (χ0) is 19.7. The summed E-state index contributed by atoms with van der Waals surface area (Å²) < 4.78 is 15.6. The molecule has 0 heterocycles. The van der Waals surface area contributed by atoms with E-state index >= 15 is 0 Å². The van der Waals surface area contributed by atoms with Crippen molar-refractivity contribution in [1.29, 1.82) is 0 Å². The van der Waals surface area contributed by atoms with Crippen LogP contribution in [0.1, 0.15) is 45.6 Å². The summed E-state index contributed by atoms with van der Waals surface area (Å²) in [6, 6.07) is 5.85. The largest absolute Gasteiger partial charge is 0.496 e. The van der Waals surface area contributed by atoms with E-state index in [9.17, 15) is 9.59 Å². The number of hydrogen-bond acceptors (Lipinski definition) is 5. The van der Waals surface area contributed by atoms with Crippen molar-refractivity contribution in [3.63, 3.8) is 0 Å². The van der Waals surface area contributed by atoms with Gasteiger partial charge in [0.05, 0.1) is 25.1 Å². The van der Waals surface area contributed by atoms with Gasteiger partial charge in [0, 0.05) is 6.04 Å². The van der Waals surface area contributed by atoms with Crippen LogP contribution in [0.25, 0.3) is 0 Å². The second kappa shape index (κ2) is 10.4. The average molecular weight is 430 g/mol. The molecule has 0 atom stereocenters. The molecule has 0 saturated heterocycles. The van der Waals surface area contributed by atoms with E-state index in [2.05, 4.69) is 26.0 Å². The Morgan fingerprint density at radius 3 is 2.31 bits per heavy atom. The van der Waals surface area contributed by atoms with Crippen molar-refractivity contribution in [2.75, 3.05) is 14.2 Å². The van der Waals surface area contributed by atoms with Gasteiger partial charge in [-0.1, -0.05) is 6.07 Å². The van der Waals surface area contributed by atoms with Crippen LogP contribution in [0.2, 0.25) is 0 Å². The zero-order valence-electron chi connectivity index (χ0n) is 16.1. The molecule has 146 valence electrons. The number of methoxy groups -OCH3 is 2. The van der Waals surface area contributed by atoms with Crippen LogP contribution in [-0.4, -0.2) is 37.9 Å². The lowest BCUT2D eigenvalue weighted by Crippen LogP contribution is -2.42. The summed E-state index contributed by atoms with van der Waals surface area (Å²) in [5.41, 5.74) is 0.512. The minimum Gasteiger partial charge on any atom is -0.496 e. The molecule has 0 unspecified atom stereocenters. The Morgan fingerprint density at radius 2 is 1.88 bits per heavy atom. The topological polar surface area (TPSA) is 73.9 Å². The lowest BCUT2D eigenvalue weighted by atomic mass is 9.93. The Kier molecular flexibility index (Phi) is 8.92. The Balaban J connectivity index is 0.000000263. The molecule has 2 rings (SSSR count). The van der Waals surface area contributed by atoms with Crippen molar-refractivity contribution < 1.29 is 23.8 Å². The Labute approximate surface area is 163 Å². The zero-order valence-corrected chi connectivity index (χ0v) is 17.6. The maximum Gasteiger partial charge on any atom is 0.407 e. The minimum absolute atomic E-state index is 0.248. The molecule has 0 bridgehead atoms. The smallest absolute Gasteiger partial charge is 0.407 e. The summed E-state index contributed by atoms with van der Waals surface area (Å²) in [5.74, 6) is 0.501. The molecule has 1 saturated carbocycles. The molecule has 26 heavy (non-hydrogen) atoms. The molecule has 0 spiro atoms. The summed E-state index contributed by atoms with van der Waals surface area (Å²) in [6.45, 7) is 5.61. The third-order valence-corrected chi connectivity index (χ3v) is 4.24. The summed E-state index contributed by atoms with van der Waals surface area (Å²) in [5, 5.41) is 2.81. The van der Waals surface area contributed by atoms with Gasteiger partial charge in [0.25, 0.3) is 0 Å². The summed E-state index contributed by atoms with van der Waals surface area (Å²) in [4.78, 5) is 22.1. The molecule has 1 aliphatic carbocycles. The van der Waals surface area contributed by atoms with Crippen LogP contribution in [0.15, 0.2) is 22.7 Å². The Bertz CT molecular complexity index is 608. The van der Waals surface area contributed by atoms with E-state index < -0.39 is 0 Å². The third kappa shape index (κ3) is 8.56. The number of nitrogens with one attached hydrogen (secondary N) is 1. The second-order valence-corrected chi connectivity index (χ2v) is 7.85. The fourth-order valence-corrected chi connectivity index (χ4v) is 2.67. The van der Waals surface area contributed by atoms with Crippen molar-refractivity contribution in [2.24, 2.45) is 0 Å². The molecular formula is C19H28BrNO5. The molecule has 6 nitrogen and oxygen atoms in total. The van der Waals surface area contributed by atoms with Gasteiger partial charge in [0.1, 0.15) is 11.4 Å². The van der Waals surface area contributed by atoms with E-state index in [-0.39, 0.29) is 24.1 Å². The van der Waals surface area contributed by atoms with Crippen LogP contribution in [-0.2, 0) is 20.7 Å². The standard InChI is InChI=1S/C10H11BrO3.C9H17NO2/c1-13-9-4-3-7(5-8(9)11)6-10(12)14-2;1-9(2,3)12-8(11)10-7-5-4-6-7/h3-5H,6H2,1-2H3;7H,4-6H2,1-3H3,(H,10,11). The number of benzene rings is 1. The fourth-order valence-electron chi connectivity index (χ4n) is 2.09. The number of rotatable bonds is 4. The molecule has 1 amide bonds. The third-order valence-electron chi connectivity index (χ3n) is 3.62. The Morgan fingerprint density at radius 1 is 1.23 bits per heavy atom. The van der Waals surface area contributed by atoms with E-state index in [1.54, 1.807) is 7.11 Å². The lowest BCUT2D eigenvalue weighted by Gasteiger charge is -2.28.